The summed E-state index contributed by atoms with van der Waals surface area (Å²) in [5, 5.41) is 0.807. The molecule has 124 valence electrons. The van der Waals surface area contributed by atoms with E-state index in [4.69, 9.17) is 11.6 Å². The van der Waals surface area contributed by atoms with Crippen molar-refractivity contribution in [1.29, 1.82) is 0 Å². The van der Waals surface area contributed by atoms with E-state index in [0.29, 0.717) is 0 Å². The van der Waals surface area contributed by atoms with Gasteiger partial charge in [-0.2, -0.15) is 0 Å². The quantitative estimate of drug-likeness (QED) is 0.559. The third-order valence-corrected chi connectivity index (χ3v) is 3.46. The van der Waals surface area contributed by atoms with Crippen LogP contribution in [0.2, 0.25) is 5.02 Å². The van der Waals surface area contributed by atoms with Crippen molar-refractivity contribution in [2.24, 2.45) is 0 Å². The van der Waals surface area contributed by atoms with Crippen molar-refractivity contribution in [3.63, 3.8) is 0 Å². The molecule has 0 aromatic heterocycles. The fourth-order valence-electron chi connectivity index (χ4n) is 1.86. The second kappa shape index (κ2) is 10.8. The highest BCUT2D eigenvalue weighted by Crippen LogP contribution is 2.16. The van der Waals surface area contributed by atoms with Crippen LogP contribution >= 0.6 is 11.6 Å². The van der Waals surface area contributed by atoms with Crippen molar-refractivity contribution < 1.29 is 4.79 Å². The van der Waals surface area contributed by atoms with Crippen LogP contribution in [0, 0.1) is 13.8 Å². The van der Waals surface area contributed by atoms with Crippen LogP contribution < -0.4 is 0 Å². The highest BCUT2D eigenvalue weighted by molar-refractivity contribution is 6.30. The molecule has 0 bridgehead atoms. The van der Waals surface area contributed by atoms with Crippen LogP contribution in [-0.4, -0.2) is 5.78 Å². The summed E-state index contributed by atoms with van der Waals surface area (Å²) in [7, 11) is 0. The number of hydrogen-bond donors (Lipinski definition) is 0. The van der Waals surface area contributed by atoms with Crippen LogP contribution in [0.5, 0.6) is 0 Å². The van der Waals surface area contributed by atoms with E-state index >= 15 is 0 Å². The second-order valence-electron chi connectivity index (χ2n) is 5.23. The Hall–Kier alpha value is -1.86. The Kier molecular flexibility index (Phi) is 9.92. The average molecular weight is 331 g/mol. The minimum Gasteiger partial charge on any atom is -0.295 e. The van der Waals surface area contributed by atoms with Gasteiger partial charge in [0, 0.05) is 10.6 Å². The van der Waals surface area contributed by atoms with Crippen molar-refractivity contribution >= 4 is 23.5 Å². The second-order valence-corrected chi connectivity index (χ2v) is 5.67. The van der Waals surface area contributed by atoms with E-state index in [-0.39, 0.29) is 13.2 Å². The Morgan fingerprint density at radius 3 is 2.17 bits per heavy atom. The van der Waals surface area contributed by atoms with Crippen molar-refractivity contribution in [3.8, 4) is 0 Å². The zero-order valence-electron chi connectivity index (χ0n) is 13.7. The van der Waals surface area contributed by atoms with Gasteiger partial charge in [0.25, 0.3) is 0 Å². The maximum absolute atomic E-state index is 10.8. The summed E-state index contributed by atoms with van der Waals surface area (Å²) < 4.78 is 0. The largest absolute Gasteiger partial charge is 0.295 e. The predicted octanol–water partition coefficient (Wildman–Crippen LogP) is 6.91. The van der Waals surface area contributed by atoms with E-state index in [2.05, 4.69) is 26.0 Å². The van der Waals surface area contributed by atoms with Gasteiger partial charge in [-0.15, -0.1) is 0 Å². The first kappa shape index (κ1) is 21.1. The van der Waals surface area contributed by atoms with E-state index in [1.54, 1.807) is 6.92 Å². The zero-order valence-corrected chi connectivity index (χ0v) is 14.4. The molecule has 0 aliphatic carbocycles. The number of benzene rings is 2. The molecule has 0 spiro atoms. The molecule has 0 radical (unpaired) electrons. The van der Waals surface area contributed by atoms with Crippen LogP contribution in [-0.2, 0) is 0 Å². The summed E-state index contributed by atoms with van der Waals surface area (Å²) in [6.45, 7) is 7.78. The number of carbonyl (C=O) groups is 1. The van der Waals surface area contributed by atoms with Crippen molar-refractivity contribution in [2.45, 2.75) is 41.5 Å². The van der Waals surface area contributed by atoms with Crippen molar-refractivity contribution in [1.82, 2.24) is 0 Å². The number of allylic oxidation sites excluding steroid dienone is 1. The Morgan fingerprint density at radius 1 is 1.09 bits per heavy atom. The summed E-state index contributed by atoms with van der Waals surface area (Å²) >= 11 is 5.83. The normalized spacial score (nSPS) is 9.78. The number of aryl methyl sites for hydroxylation is 2. The number of rotatable bonds is 3. The third-order valence-electron chi connectivity index (χ3n) is 3.22. The van der Waals surface area contributed by atoms with Gasteiger partial charge in [0.1, 0.15) is 0 Å². The Morgan fingerprint density at radius 2 is 1.70 bits per heavy atom. The fraction of sp³-hybridized carbons (Fsp3) is 0.286. The van der Waals surface area contributed by atoms with E-state index < -0.39 is 0 Å². The number of halogens is 1. The minimum atomic E-state index is 0. The van der Waals surface area contributed by atoms with Crippen LogP contribution in [0.1, 0.15) is 54.7 Å². The summed E-state index contributed by atoms with van der Waals surface area (Å²) in [5.74, 6) is 0.125. The lowest BCUT2D eigenvalue weighted by Crippen LogP contribution is -1.90. The van der Waals surface area contributed by atoms with E-state index in [1.165, 1.54) is 16.7 Å². The Labute approximate surface area is 146 Å². The zero-order chi connectivity index (χ0) is 16.5. The number of hydrogen-bond acceptors (Lipinski definition) is 1. The van der Waals surface area contributed by atoms with Crippen LogP contribution in [0.25, 0.3) is 6.08 Å². The molecule has 0 saturated heterocycles. The third kappa shape index (κ3) is 7.80. The smallest absolute Gasteiger partial charge is 0.159 e. The maximum Gasteiger partial charge on any atom is 0.159 e. The molecule has 2 aromatic carbocycles. The molecule has 0 aliphatic heterocycles. The SMILES string of the molecule is C.CC(=O)c1ccc(C)cc1.CC/C=C/c1ccc(Cl)cc1C. The summed E-state index contributed by atoms with van der Waals surface area (Å²) in [4.78, 5) is 10.8. The molecule has 0 unspecified atom stereocenters. The Bertz CT molecular complexity index is 639. The van der Waals surface area contributed by atoms with Gasteiger partial charge in [0.05, 0.1) is 0 Å². The first-order chi connectivity index (χ1) is 10.4. The lowest BCUT2D eigenvalue weighted by atomic mass is 10.1. The lowest BCUT2D eigenvalue weighted by molar-refractivity contribution is 0.101. The van der Waals surface area contributed by atoms with Gasteiger partial charge >= 0.3 is 0 Å². The van der Waals surface area contributed by atoms with E-state index in [9.17, 15) is 4.79 Å². The van der Waals surface area contributed by atoms with E-state index in [1.807, 2.05) is 49.4 Å². The first-order valence-electron chi connectivity index (χ1n) is 7.44. The standard InChI is InChI=1S/C11H13Cl.C9H10O.CH4/c1-3-4-5-10-6-7-11(12)8-9(10)2;1-7-3-5-9(6-4-7)8(2)10;/h4-8H,3H2,1-2H3;3-6H,1-2H3;1H4/b5-4+;;. The molecule has 0 fully saturated rings. The molecule has 0 N–H and O–H groups in total. The lowest BCUT2D eigenvalue weighted by Gasteiger charge is -1.99. The molecule has 23 heavy (non-hydrogen) atoms. The molecule has 0 amide bonds. The van der Waals surface area contributed by atoms with Gasteiger partial charge in [-0.25, -0.2) is 0 Å². The fourth-order valence-corrected chi connectivity index (χ4v) is 2.09. The van der Waals surface area contributed by atoms with Gasteiger partial charge in [-0.05, 0) is 50.5 Å². The maximum atomic E-state index is 10.8. The monoisotopic (exact) mass is 330 g/mol. The van der Waals surface area contributed by atoms with Gasteiger partial charge in [-0.1, -0.05) is 74.0 Å². The van der Waals surface area contributed by atoms with Crippen LogP contribution in [0.15, 0.2) is 48.5 Å². The first-order valence-corrected chi connectivity index (χ1v) is 7.82. The van der Waals surface area contributed by atoms with Crippen molar-refractivity contribution in [2.75, 3.05) is 0 Å². The van der Waals surface area contributed by atoms with Crippen molar-refractivity contribution in [3.05, 3.63) is 75.8 Å². The molecular formula is C21H27ClO. The molecule has 2 rings (SSSR count). The Balaban J connectivity index is 0.000000409. The van der Waals surface area contributed by atoms with Crippen LogP contribution in [0.3, 0.4) is 0 Å². The molecule has 0 atom stereocenters. The molecule has 0 saturated carbocycles. The highest BCUT2D eigenvalue weighted by Gasteiger charge is 1.95. The number of carbonyl (C=O) groups excluding carboxylic acids is 1. The summed E-state index contributed by atoms with van der Waals surface area (Å²) in [6.07, 6.45) is 5.35. The molecule has 0 aliphatic rings. The van der Waals surface area contributed by atoms with Gasteiger partial charge < -0.3 is 0 Å². The molecular weight excluding hydrogens is 304 g/mol. The van der Waals surface area contributed by atoms with Gasteiger partial charge in [0.2, 0.25) is 0 Å². The average Bonchev–Trinajstić information content (AvgIpc) is 2.47. The van der Waals surface area contributed by atoms with E-state index in [0.717, 1.165) is 17.0 Å². The molecule has 0 heterocycles. The summed E-state index contributed by atoms with van der Waals surface area (Å²) in [6, 6.07) is 13.5. The number of Topliss-reactive ketones (excluding diaryl/α,β-unsaturated/α-hetero) is 1. The highest BCUT2D eigenvalue weighted by atomic mass is 35.5. The predicted molar refractivity (Wildman–Crippen MR) is 103 cm³/mol. The van der Waals surface area contributed by atoms with Gasteiger partial charge in [-0.3, -0.25) is 4.79 Å². The van der Waals surface area contributed by atoms with Gasteiger partial charge in [0.15, 0.2) is 5.78 Å². The summed E-state index contributed by atoms with van der Waals surface area (Å²) in [5.41, 5.74) is 4.45. The minimum absolute atomic E-state index is 0. The topological polar surface area (TPSA) is 17.1 Å². The van der Waals surface area contributed by atoms with Crippen LogP contribution in [0.4, 0.5) is 0 Å². The molecule has 1 nitrogen and oxygen atoms in total. The molecule has 2 aromatic rings. The number of ketones is 1. The molecule has 2 heteroatoms.